The molecule has 4 heteroatoms. The molecule has 2 aliphatic rings. The number of hydrogen-bond donors (Lipinski definition) is 0. The van der Waals surface area contributed by atoms with Gasteiger partial charge in [0.05, 0.1) is 17.3 Å². The Bertz CT molecular complexity index is 728. The van der Waals surface area contributed by atoms with Gasteiger partial charge in [0.1, 0.15) is 5.75 Å². The van der Waals surface area contributed by atoms with Crippen molar-refractivity contribution in [1.82, 2.24) is 0 Å². The maximum absolute atomic E-state index is 12.5. The number of ketones is 1. The molecule has 0 spiro atoms. The molecule has 0 bridgehead atoms. The maximum Gasteiger partial charge on any atom is 0.186 e. The van der Waals surface area contributed by atoms with Crippen molar-refractivity contribution in [3.05, 3.63) is 53.1 Å². The van der Waals surface area contributed by atoms with E-state index >= 15 is 0 Å². The lowest BCUT2D eigenvalue weighted by Gasteiger charge is -2.35. The Morgan fingerprint density at radius 1 is 1.15 bits per heavy atom. The van der Waals surface area contributed by atoms with E-state index in [1.165, 1.54) is 0 Å². The molecule has 2 heterocycles. The molecule has 0 fully saturated rings. The van der Waals surface area contributed by atoms with Crippen LogP contribution < -0.4 is 9.64 Å². The quantitative estimate of drug-likeness (QED) is 0.732. The van der Waals surface area contributed by atoms with Crippen LogP contribution in [-0.2, 0) is 0 Å². The molecule has 2 aliphatic heterocycles. The van der Waals surface area contributed by atoms with Crippen molar-refractivity contribution in [3.63, 3.8) is 0 Å². The van der Waals surface area contributed by atoms with Crippen LogP contribution in [-0.4, -0.2) is 12.0 Å². The molecule has 2 unspecified atom stereocenters. The second-order valence-electron chi connectivity index (χ2n) is 5.16. The summed E-state index contributed by atoms with van der Waals surface area (Å²) in [5.74, 6) is 0.701. The predicted molar refractivity (Wildman–Crippen MR) is 77.9 cm³/mol. The van der Waals surface area contributed by atoms with Gasteiger partial charge in [0, 0.05) is 10.6 Å². The van der Waals surface area contributed by atoms with E-state index in [2.05, 4.69) is 4.90 Å². The van der Waals surface area contributed by atoms with Gasteiger partial charge < -0.3 is 9.64 Å². The summed E-state index contributed by atoms with van der Waals surface area (Å²) in [5, 5.41) is 0.620. The zero-order valence-electron chi connectivity index (χ0n) is 10.8. The number of Topliss-reactive ketones (excluding diaryl/α,β-unsaturated/α-hetero) is 1. The highest BCUT2D eigenvalue weighted by molar-refractivity contribution is 6.31. The third-order valence-corrected chi connectivity index (χ3v) is 4.19. The summed E-state index contributed by atoms with van der Waals surface area (Å²) >= 11 is 6.10. The van der Waals surface area contributed by atoms with E-state index in [-0.39, 0.29) is 17.9 Å². The zero-order chi connectivity index (χ0) is 13.9. The lowest BCUT2D eigenvalue weighted by atomic mass is 9.91. The summed E-state index contributed by atoms with van der Waals surface area (Å²) < 4.78 is 5.95. The fourth-order valence-electron chi connectivity index (χ4n) is 2.96. The Kier molecular flexibility index (Phi) is 2.36. The van der Waals surface area contributed by atoms with Gasteiger partial charge in [-0.25, -0.2) is 0 Å². The van der Waals surface area contributed by atoms with Crippen molar-refractivity contribution in [3.8, 4) is 5.75 Å². The van der Waals surface area contributed by atoms with Crippen LogP contribution in [0.25, 0.3) is 0 Å². The summed E-state index contributed by atoms with van der Waals surface area (Å²) in [6.07, 6.45) is -0.286. The standard InChI is InChI=1S/C16H12ClNO2/c1-9-15(19)11-7-6-10(17)8-13(11)18-12-4-2-3-5-14(12)20-16(9)18/h2-9,16H,1H3. The first-order valence-electron chi connectivity index (χ1n) is 6.55. The number of benzene rings is 2. The van der Waals surface area contributed by atoms with Crippen LogP contribution in [0.15, 0.2) is 42.5 Å². The predicted octanol–water partition coefficient (Wildman–Crippen LogP) is 4.03. The van der Waals surface area contributed by atoms with Crippen LogP contribution in [0.4, 0.5) is 11.4 Å². The third-order valence-electron chi connectivity index (χ3n) is 3.95. The molecule has 4 rings (SSSR count). The number of carbonyl (C=O) groups excluding carboxylic acids is 1. The minimum Gasteiger partial charge on any atom is -0.467 e. The first-order valence-corrected chi connectivity index (χ1v) is 6.93. The van der Waals surface area contributed by atoms with Gasteiger partial charge in [0.2, 0.25) is 0 Å². The molecule has 0 radical (unpaired) electrons. The molecule has 0 aliphatic carbocycles. The van der Waals surface area contributed by atoms with E-state index in [4.69, 9.17) is 16.3 Å². The van der Waals surface area contributed by atoms with Gasteiger partial charge >= 0.3 is 0 Å². The zero-order valence-corrected chi connectivity index (χ0v) is 11.6. The summed E-state index contributed by atoms with van der Waals surface area (Å²) in [6, 6.07) is 13.2. The van der Waals surface area contributed by atoms with Crippen molar-refractivity contribution in [1.29, 1.82) is 0 Å². The summed E-state index contributed by atoms with van der Waals surface area (Å²) in [4.78, 5) is 14.5. The molecule has 0 amide bonds. The Labute approximate surface area is 121 Å². The van der Waals surface area contributed by atoms with Gasteiger partial charge in [-0.05, 0) is 37.3 Å². The molecule has 2 aromatic carbocycles. The Hall–Kier alpha value is -2.00. The molecule has 0 saturated heterocycles. The van der Waals surface area contributed by atoms with Crippen LogP contribution >= 0.6 is 11.6 Å². The average molecular weight is 286 g/mol. The number of rotatable bonds is 0. The highest BCUT2D eigenvalue weighted by Gasteiger charge is 2.44. The van der Waals surface area contributed by atoms with Crippen LogP contribution in [0.3, 0.4) is 0 Å². The van der Waals surface area contributed by atoms with E-state index in [0.717, 1.165) is 17.1 Å². The average Bonchev–Trinajstić information content (AvgIpc) is 2.84. The summed E-state index contributed by atoms with van der Waals surface area (Å²) in [5.41, 5.74) is 2.52. The summed E-state index contributed by atoms with van der Waals surface area (Å²) in [7, 11) is 0. The van der Waals surface area contributed by atoms with E-state index < -0.39 is 0 Å². The molecule has 0 N–H and O–H groups in total. The van der Waals surface area contributed by atoms with Gasteiger partial charge in [-0.2, -0.15) is 0 Å². The lowest BCUT2D eigenvalue weighted by molar-refractivity contribution is 0.0791. The van der Waals surface area contributed by atoms with Gasteiger partial charge in [0.25, 0.3) is 0 Å². The third kappa shape index (κ3) is 1.44. The molecule has 2 aromatic rings. The number of halogens is 1. The van der Waals surface area contributed by atoms with Gasteiger partial charge in [-0.15, -0.1) is 0 Å². The van der Waals surface area contributed by atoms with Crippen molar-refractivity contribution in [2.75, 3.05) is 4.90 Å². The number of para-hydroxylation sites is 2. The van der Waals surface area contributed by atoms with E-state index in [1.807, 2.05) is 37.3 Å². The van der Waals surface area contributed by atoms with Gasteiger partial charge in [0.15, 0.2) is 12.0 Å². The molecule has 0 saturated carbocycles. The minimum atomic E-state index is -0.286. The molecule has 0 aromatic heterocycles. The molecule has 3 nitrogen and oxygen atoms in total. The Morgan fingerprint density at radius 2 is 1.95 bits per heavy atom. The molecule has 20 heavy (non-hydrogen) atoms. The lowest BCUT2D eigenvalue weighted by Crippen LogP contribution is -2.44. The molecule has 2 atom stereocenters. The van der Waals surface area contributed by atoms with Crippen molar-refractivity contribution >= 4 is 28.8 Å². The number of ether oxygens (including phenoxy) is 1. The second-order valence-corrected chi connectivity index (χ2v) is 5.60. The number of nitrogens with zero attached hydrogens (tertiary/aromatic N) is 1. The van der Waals surface area contributed by atoms with Gasteiger partial charge in [-0.1, -0.05) is 23.7 Å². The van der Waals surface area contributed by atoms with E-state index in [1.54, 1.807) is 12.1 Å². The Morgan fingerprint density at radius 3 is 2.80 bits per heavy atom. The SMILES string of the molecule is CC1C(=O)c2ccc(Cl)cc2N2c3ccccc3OC12. The van der Waals surface area contributed by atoms with E-state index in [9.17, 15) is 4.79 Å². The number of carbonyl (C=O) groups is 1. The monoisotopic (exact) mass is 285 g/mol. The number of fused-ring (bicyclic) bond motifs is 5. The van der Waals surface area contributed by atoms with Crippen molar-refractivity contribution in [2.45, 2.75) is 13.2 Å². The first kappa shape index (κ1) is 11.8. The number of hydrogen-bond acceptors (Lipinski definition) is 3. The topological polar surface area (TPSA) is 29.5 Å². The first-order chi connectivity index (χ1) is 9.66. The van der Waals surface area contributed by atoms with E-state index in [0.29, 0.717) is 10.6 Å². The fourth-order valence-corrected chi connectivity index (χ4v) is 3.12. The molecule has 100 valence electrons. The normalized spacial score (nSPS) is 22.9. The fraction of sp³-hybridized carbons (Fsp3) is 0.188. The minimum absolute atomic E-state index is 0.103. The van der Waals surface area contributed by atoms with Gasteiger partial charge in [-0.3, -0.25) is 4.79 Å². The highest BCUT2D eigenvalue weighted by Crippen LogP contribution is 2.48. The second kappa shape index (κ2) is 4.00. The van der Waals surface area contributed by atoms with Crippen molar-refractivity contribution in [2.24, 2.45) is 5.92 Å². The van der Waals surface area contributed by atoms with Crippen LogP contribution in [0.2, 0.25) is 5.02 Å². The van der Waals surface area contributed by atoms with Crippen LogP contribution in [0.5, 0.6) is 5.75 Å². The Balaban J connectivity index is 1.98. The molecular weight excluding hydrogens is 274 g/mol. The summed E-state index contributed by atoms with van der Waals surface area (Å²) in [6.45, 7) is 1.91. The maximum atomic E-state index is 12.5. The molecular formula is C16H12ClNO2. The van der Waals surface area contributed by atoms with Crippen LogP contribution in [0, 0.1) is 5.92 Å². The number of anilines is 2. The largest absolute Gasteiger partial charge is 0.467 e. The van der Waals surface area contributed by atoms with Crippen LogP contribution in [0.1, 0.15) is 17.3 Å². The smallest absolute Gasteiger partial charge is 0.186 e. The van der Waals surface area contributed by atoms with Crippen molar-refractivity contribution < 1.29 is 9.53 Å². The highest BCUT2D eigenvalue weighted by atomic mass is 35.5.